The van der Waals surface area contributed by atoms with Crippen LogP contribution in [-0.4, -0.2) is 38.8 Å². The van der Waals surface area contributed by atoms with Crippen molar-refractivity contribution in [3.05, 3.63) is 83.1 Å². The minimum atomic E-state index is -0.348. The molecule has 6 nitrogen and oxygen atoms in total. The molecule has 2 amide bonds. The van der Waals surface area contributed by atoms with Crippen LogP contribution >= 0.6 is 11.6 Å². The Morgan fingerprint density at radius 2 is 1.78 bits per heavy atom. The zero-order chi connectivity index (χ0) is 24.3. The van der Waals surface area contributed by atoms with Gasteiger partial charge in [0.05, 0.1) is 16.7 Å². The van der Waals surface area contributed by atoms with E-state index in [2.05, 4.69) is 33.2 Å². The van der Waals surface area contributed by atoms with Crippen molar-refractivity contribution in [3.8, 4) is 11.3 Å². The molecule has 4 heterocycles. The number of aryl methyl sites for hydroxylation is 1. The Morgan fingerprint density at radius 1 is 0.972 bits per heavy atom. The summed E-state index contributed by atoms with van der Waals surface area (Å²) in [7, 11) is 0. The van der Waals surface area contributed by atoms with Gasteiger partial charge < -0.3 is 10.2 Å². The number of nitrogens with zero attached hydrogens (tertiary/aromatic N) is 4. The number of halogens is 1. The number of amides is 2. The van der Waals surface area contributed by atoms with Crippen LogP contribution in [0.4, 0.5) is 4.79 Å². The molecule has 4 aromatic rings. The summed E-state index contributed by atoms with van der Waals surface area (Å²) in [5.41, 5.74) is 4.87. The summed E-state index contributed by atoms with van der Waals surface area (Å²) in [5.74, 6) is 0. The van der Waals surface area contributed by atoms with Gasteiger partial charge in [-0.15, -0.1) is 0 Å². The van der Waals surface area contributed by atoms with E-state index in [1.54, 1.807) is 0 Å². The molecule has 1 saturated heterocycles. The second-order valence-corrected chi connectivity index (χ2v) is 11.0. The number of urea groups is 1. The molecule has 1 N–H and O–H groups in total. The summed E-state index contributed by atoms with van der Waals surface area (Å²) in [4.78, 5) is 20.1. The summed E-state index contributed by atoms with van der Waals surface area (Å²) in [6, 6.07) is 20.5. The number of para-hydroxylation sites is 1. The van der Waals surface area contributed by atoms with Gasteiger partial charge in [0.25, 0.3) is 0 Å². The van der Waals surface area contributed by atoms with Crippen LogP contribution in [0.1, 0.15) is 43.4 Å². The van der Waals surface area contributed by atoms with Gasteiger partial charge >= 0.3 is 6.03 Å². The van der Waals surface area contributed by atoms with E-state index in [0.29, 0.717) is 0 Å². The van der Waals surface area contributed by atoms with Gasteiger partial charge in [-0.1, -0.05) is 48.0 Å². The Balaban J connectivity index is 1.12. The molecule has 0 radical (unpaired) electrons. The molecule has 7 rings (SSSR count). The van der Waals surface area contributed by atoms with E-state index in [9.17, 15) is 4.79 Å². The number of hydrogen-bond acceptors (Lipinski definition) is 3. The maximum atomic E-state index is 13.5. The summed E-state index contributed by atoms with van der Waals surface area (Å²) in [6.45, 7) is 2.36. The maximum absolute atomic E-state index is 13.5. The Bertz CT molecular complexity index is 1490. The molecule has 1 unspecified atom stereocenters. The molecule has 3 aliphatic rings. The lowest BCUT2D eigenvalue weighted by atomic mass is 9.72. The van der Waals surface area contributed by atoms with Crippen molar-refractivity contribution in [2.24, 2.45) is 0 Å². The Hall–Kier alpha value is -3.38. The summed E-state index contributed by atoms with van der Waals surface area (Å²) < 4.78 is 2.14. The highest BCUT2D eigenvalue weighted by atomic mass is 35.5. The molecule has 2 fully saturated rings. The van der Waals surface area contributed by atoms with Gasteiger partial charge in [-0.25, -0.2) is 4.79 Å². The van der Waals surface area contributed by atoms with Gasteiger partial charge in [0.2, 0.25) is 0 Å². The first-order valence-electron chi connectivity index (χ1n) is 12.8. The van der Waals surface area contributed by atoms with E-state index in [-0.39, 0.29) is 17.0 Å². The minimum Gasteiger partial charge on any atom is -0.328 e. The van der Waals surface area contributed by atoms with Crippen LogP contribution in [0.25, 0.3) is 22.2 Å². The van der Waals surface area contributed by atoms with Gasteiger partial charge in [-0.3, -0.25) is 9.67 Å². The number of pyridine rings is 1. The molecule has 2 aromatic heterocycles. The maximum Gasteiger partial charge on any atom is 0.318 e. The molecule has 2 aliphatic heterocycles. The average Bonchev–Trinajstić information content (AvgIpc) is 3.58. The molecule has 2 aromatic carbocycles. The fourth-order valence-electron chi connectivity index (χ4n) is 6.40. The van der Waals surface area contributed by atoms with E-state index in [1.165, 1.54) is 5.69 Å². The van der Waals surface area contributed by atoms with Crippen LogP contribution in [0.2, 0.25) is 5.02 Å². The lowest BCUT2D eigenvalue weighted by Crippen LogP contribution is -2.55. The smallest absolute Gasteiger partial charge is 0.318 e. The third-order valence-electron chi connectivity index (χ3n) is 8.60. The number of rotatable bonds is 3. The Kier molecular flexibility index (Phi) is 4.90. The lowest BCUT2D eigenvalue weighted by molar-refractivity contribution is 0.154. The van der Waals surface area contributed by atoms with Crippen LogP contribution in [-0.2, 0) is 17.5 Å². The number of carbonyl (C=O) groups excluding carboxylic acids is 1. The average molecular weight is 498 g/mol. The Morgan fingerprint density at radius 3 is 2.61 bits per heavy atom. The predicted octanol–water partition coefficient (Wildman–Crippen LogP) is 5.89. The van der Waals surface area contributed by atoms with E-state index < -0.39 is 0 Å². The van der Waals surface area contributed by atoms with E-state index in [4.69, 9.17) is 16.7 Å². The standard InChI is InChI=1S/C29H28ClN5O/c30-23-8-3-2-7-22(23)29(10-5-11-29)32-27(36)34-14-12-28(19-34)13-15-35-26(28)17-25(33-35)21-16-20-6-1-4-9-24(20)31-18-21/h1-4,6-9,16-18H,5,10-15,19H2,(H,32,36). The first kappa shape index (κ1) is 21.9. The first-order chi connectivity index (χ1) is 17.6. The Labute approximate surface area is 215 Å². The molecule has 0 bridgehead atoms. The number of carbonyl (C=O) groups is 1. The van der Waals surface area contributed by atoms with Crippen molar-refractivity contribution in [3.63, 3.8) is 0 Å². The number of hydrogen-bond donors (Lipinski definition) is 1. The lowest BCUT2D eigenvalue weighted by Gasteiger charge is -2.44. The van der Waals surface area contributed by atoms with Gasteiger partial charge in [0, 0.05) is 52.9 Å². The summed E-state index contributed by atoms with van der Waals surface area (Å²) in [5, 5.41) is 10.2. The van der Waals surface area contributed by atoms with Crippen LogP contribution in [0.5, 0.6) is 0 Å². The monoisotopic (exact) mass is 497 g/mol. The SMILES string of the molecule is O=C(NC1(c2ccccc2Cl)CCC1)N1CCC2(CCn3nc(-c4cnc5ccccc5c4)cc32)C1. The number of likely N-dealkylation sites (tertiary alicyclic amines) is 1. The highest BCUT2D eigenvalue weighted by Crippen LogP contribution is 2.46. The fourth-order valence-corrected chi connectivity index (χ4v) is 6.71. The molecule has 1 aliphatic carbocycles. The normalized spacial score (nSPS) is 22.1. The van der Waals surface area contributed by atoms with Crippen LogP contribution in [0.15, 0.2) is 66.9 Å². The second-order valence-electron chi connectivity index (χ2n) is 10.6. The summed E-state index contributed by atoms with van der Waals surface area (Å²) in [6.07, 6.45) is 6.84. The molecule has 1 spiro atoms. The van der Waals surface area contributed by atoms with Crippen LogP contribution < -0.4 is 5.32 Å². The highest BCUT2D eigenvalue weighted by molar-refractivity contribution is 6.31. The topological polar surface area (TPSA) is 63.1 Å². The van der Waals surface area contributed by atoms with Gasteiger partial charge in [-0.05, 0) is 61.9 Å². The number of nitrogens with one attached hydrogen (secondary N) is 1. The van der Waals surface area contributed by atoms with E-state index in [1.807, 2.05) is 53.6 Å². The number of benzene rings is 2. The van der Waals surface area contributed by atoms with Gasteiger partial charge in [-0.2, -0.15) is 5.10 Å². The van der Waals surface area contributed by atoms with Gasteiger partial charge in [0.1, 0.15) is 0 Å². The predicted molar refractivity (Wildman–Crippen MR) is 141 cm³/mol. The fraction of sp³-hybridized carbons (Fsp3) is 0.345. The third kappa shape index (κ3) is 3.34. The first-order valence-corrected chi connectivity index (χ1v) is 13.2. The quantitative estimate of drug-likeness (QED) is 0.384. The van der Waals surface area contributed by atoms with Crippen molar-refractivity contribution in [1.29, 1.82) is 0 Å². The molecule has 1 saturated carbocycles. The second kappa shape index (κ2) is 8.07. The molecule has 7 heteroatoms. The zero-order valence-electron chi connectivity index (χ0n) is 20.1. The largest absolute Gasteiger partial charge is 0.328 e. The molecular formula is C29H28ClN5O. The van der Waals surface area contributed by atoms with Crippen LogP contribution in [0, 0.1) is 0 Å². The van der Waals surface area contributed by atoms with Crippen molar-refractivity contribution in [2.75, 3.05) is 13.1 Å². The number of aromatic nitrogens is 3. The number of fused-ring (bicyclic) bond motifs is 3. The van der Waals surface area contributed by atoms with E-state index >= 15 is 0 Å². The molecule has 36 heavy (non-hydrogen) atoms. The summed E-state index contributed by atoms with van der Waals surface area (Å²) >= 11 is 6.53. The van der Waals surface area contributed by atoms with Crippen molar-refractivity contribution < 1.29 is 4.79 Å². The molecular weight excluding hydrogens is 470 g/mol. The molecule has 1 atom stereocenters. The van der Waals surface area contributed by atoms with Gasteiger partial charge in [0.15, 0.2) is 0 Å². The van der Waals surface area contributed by atoms with Crippen LogP contribution in [0.3, 0.4) is 0 Å². The minimum absolute atomic E-state index is 0.0170. The van der Waals surface area contributed by atoms with E-state index in [0.717, 1.165) is 84.5 Å². The highest BCUT2D eigenvalue weighted by Gasteiger charge is 2.49. The van der Waals surface area contributed by atoms with Crippen molar-refractivity contribution in [1.82, 2.24) is 25.0 Å². The third-order valence-corrected chi connectivity index (χ3v) is 8.93. The van der Waals surface area contributed by atoms with Crippen molar-refractivity contribution in [2.45, 2.75) is 49.6 Å². The van der Waals surface area contributed by atoms with Crippen molar-refractivity contribution >= 4 is 28.5 Å². The zero-order valence-corrected chi connectivity index (χ0v) is 20.8. The molecule has 182 valence electrons.